The summed E-state index contributed by atoms with van der Waals surface area (Å²) in [5.41, 5.74) is 10.1. The molecular weight excluding hydrogens is 500 g/mol. The van der Waals surface area contributed by atoms with Crippen LogP contribution in [0.25, 0.3) is 11.1 Å². The molecule has 0 unspecified atom stereocenters. The Morgan fingerprint density at radius 2 is 1.85 bits per heavy atom. The minimum absolute atomic E-state index is 0.132. The van der Waals surface area contributed by atoms with Crippen LogP contribution in [0, 0.1) is 6.92 Å². The Balaban J connectivity index is 1.24. The number of H-pyrrole nitrogens is 1. The molecule has 5 rings (SSSR count). The second-order valence-electron chi connectivity index (χ2n) is 9.57. The number of aromatic nitrogens is 2. The van der Waals surface area contributed by atoms with Crippen LogP contribution >= 0.6 is 0 Å². The average molecular weight is 529 g/mol. The second kappa shape index (κ2) is 10.9. The highest BCUT2D eigenvalue weighted by atomic mass is 16.5. The monoisotopic (exact) mass is 528 g/mol. The van der Waals surface area contributed by atoms with Gasteiger partial charge in [-0.05, 0) is 77.9 Å². The van der Waals surface area contributed by atoms with Crippen molar-refractivity contribution in [1.82, 2.24) is 14.6 Å². The van der Waals surface area contributed by atoms with Crippen LogP contribution in [-0.4, -0.2) is 39.0 Å². The predicted octanol–water partition coefficient (Wildman–Crippen LogP) is 2.82. The van der Waals surface area contributed by atoms with Crippen molar-refractivity contribution in [2.75, 3.05) is 6.54 Å². The van der Waals surface area contributed by atoms with Crippen LogP contribution < -0.4 is 21.9 Å². The number of primary amides is 1. The molecule has 200 valence electrons. The summed E-state index contributed by atoms with van der Waals surface area (Å²) in [6.45, 7) is 2.97. The van der Waals surface area contributed by atoms with Crippen LogP contribution in [0.1, 0.15) is 39.9 Å². The number of aryl methyl sites for hydroxylation is 1. The fourth-order valence-electron chi connectivity index (χ4n) is 4.86. The van der Waals surface area contributed by atoms with Crippen molar-refractivity contribution in [1.29, 1.82) is 0 Å². The zero-order valence-corrected chi connectivity index (χ0v) is 21.4. The second-order valence-corrected chi connectivity index (χ2v) is 9.57. The van der Waals surface area contributed by atoms with Crippen LogP contribution in [0.2, 0.25) is 0 Å². The van der Waals surface area contributed by atoms with Gasteiger partial charge in [0.25, 0.3) is 5.91 Å². The Morgan fingerprint density at radius 1 is 1.05 bits per heavy atom. The number of hydrogen-bond acceptors (Lipinski definition) is 6. The number of benzene rings is 3. The molecule has 1 saturated heterocycles. The normalized spacial score (nSPS) is 14.9. The first-order chi connectivity index (χ1) is 18.8. The van der Waals surface area contributed by atoms with Crippen molar-refractivity contribution in [2.45, 2.75) is 39.0 Å². The van der Waals surface area contributed by atoms with Gasteiger partial charge in [-0.1, -0.05) is 36.4 Å². The summed E-state index contributed by atoms with van der Waals surface area (Å²) in [7, 11) is 0. The van der Waals surface area contributed by atoms with E-state index in [2.05, 4.69) is 0 Å². The summed E-state index contributed by atoms with van der Waals surface area (Å²) in [6.07, 6.45) is 1.37. The molecule has 0 bridgehead atoms. The minimum atomic E-state index is -0.790. The van der Waals surface area contributed by atoms with Gasteiger partial charge >= 0.3 is 11.4 Å². The first-order valence-corrected chi connectivity index (χ1v) is 12.6. The molecule has 2 amide bonds. The number of rotatable bonds is 8. The molecule has 3 aromatic carbocycles. The molecule has 0 radical (unpaired) electrons. The molecule has 1 aliphatic rings. The maximum atomic E-state index is 13.0. The predicted molar refractivity (Wildman–Crippen MR) is 143 cm³/mol. The van der Waals surface area contributed by atoms with Crippen LogP contribution in [0.4, 0.5) is 0 Å². The highest BCUT2D eigenvalue weighted by molar-refractivity contribution is 5.98. The Labute approximate surface area is 223 Å². The van der Waals surface area contributed by atoms with E-state index in [1.165, 1.54) is 0 Å². The maximum absolute atomic E-state index is 13.0. The molecule has 1 aliphatic heterocycles. The average Bonchev–Trinajstić information content (AvgIpc) is 3.54. The number of carbonyl (C=O) groups excluding carboxylic acids is 2. The molecule has 1 atom stereocenters. The Morgan fingerprint density at radius 3 is 2.54 bits per heavy atom. The van der Waals surface area contributed by atoms with E-state index in [9.17, 15) is 19.2 Å². The first-order valence-electron chi connectivity index (χ1n) is 12.6. The minimum Gasteiger partial charge on any atom is -0.489 e. The van der Waals surface area contributed by atoms with Gasteiger partial charge in [0, 0.05) is 12.1 Å². The quantitative estimate of drug-likeness (QED) is 0.360. The lowest BCUT2D eigenvalue weighted by molar-refractivity contribution is -0.121. The Bertz CT molecular complexity index is 1630. The molecule has 3 N–H and O–H groups in total. The molecule has 1 fully saturated rings. The molecule has 0 spiro atoms. The number of nitrogens with two attached hydrogens (primary N) is 1. The topological polar surface area (TPSA) is 141 Å². The molecule has 39 heavy (non-hydrogen) atoms. The van der Waals surface area contributed by atoms with Gasteiger partial charge in [-0.25, -0.2) is 14.6 Å². The molecule has 1 aromatic heterocycles. The van der Waals surface area contributed by atoms with Gasteiger partial charge in [0.15, 0.2) is 0 Å². The van der Waals surface area contributed by atoms with Crippen molar-refractivity contribution >= 4 is 11.8 Å². The lowest BCUT2D eigenvalue weighted by atomic mass is 9.96. The molecular formula is C29H28N4O6. The van der Waals surface area contributed by atoms with Gasteiger partial charge in [0.1, 0.15) is 18.4 Å². The van der Waals surface area contributed by atoms with Gasteiger partial charge < -0.3 is 19.9 Å². The molecule has 0 saturated carbocycles. The summed E-state index contributed by atoms with van der Waals surface area (Å²) in [4.78, 5) is 51.1. The van der Waals surface area contributed by atoms with Crippen molar-refractivity contribution in [3.8, 4) is 16.9 Å². The van der Waals surface area contributed by atoms with Gasteiger partial charge in [0.2, 0.25) is 5.91 Å². The van der Waals surface area contributed by atoms with Crippen molar-refractivity contribution in [3.05, 3.63) is 110 Å². The SMILES string of the molecule is Cc1cc(C(=O)N2CCC[C@H]2C(N)=O)ccc1-c1cccc(COc2ccc(Cn3oc(=O)[nH]c3=O)cc2)c1. The van der Waals surface area contributed by atoms with Gasteiger partial charge in [-0.15, -0.1) is 4.74 Å². The van der Waals surface area contributed by atoms with E-state index in [1.807, 2.05) is 48.3 Å². The number of nitrogens with one attached hydrogen (secondary N) is 1. The summed E-state index contributed by atoms with van der Waals surface area (Å²) < 4.78 is 11.7. The number of amides is 2. The number of ether oxygens (including phenoxy) is 1. The third kappa shape index (κ3) is 5.69. The van der Waals surface area contributed by atoms with Crippen LogP contribution in [0.15, 0.2) is 80.8 Å². The number of likely N-dealkylation sites (tertiary alicyclic amines) is 1. The van der Waals surface area contributed by atoms with E-state index in [0.29, 0.717) is 30.9 Å². The highest BCUT2D eigenvalue weighted by Gasteiger charge is 2.33. The van der Waals surface area contributed by atoms with Crippen LogP contribution in [0.3, 0.4) is 0 Å². The van der Waals surface area contributed by atoms with Crippen LogP contribution in [-0.2, 0) is 17.9 Å². The maximum Gasteiger partial charge on any atom is 0.440 e. The molecule has 10 nitrogen and oxygen atoms in total. The fourth-order valence-corrected chi connectivity index (χ4v) is 4.86. The van der Waals surface area contributed by atoms with Gasteiger partial charge in [0.05, 0.1) is 6.54 Å². The summed E-state index contributed by atoms with van der Waals surface area (Å²) >= 11 is 0. The van der Waals surface area contributed by atoms with E-state index >= 15 is 0 Å². The smallest absolute Gasteiger partial charge is 0.440 e. The number of carbonyl (C=O) groups is 2. The third-order valence-electron chi connectivity index (χ3n) is 6.84. The first kappa shape index (κ1) is 25.8. The number of aromatic amines is 1. The zero-order valence-electron chi connectivity index (χ0n) is 21.4. The van der Waals surface area contributed by atoms with E-state index in [-0.39, 0.29) is 12.5 Å². The molecule has 10 heteroatoms. The summed E-state index contributed by atoms with van der Waals surface area (Å²) in [5, 5.41) is 0. The van der Waals surface area contributed by atoms with Gasteiger partial charge in [-0.2, -0.15) is 0 Å². The van der Waals surface area contributed by atoms with E-state index in [1.54, 1.807) is 35.2 Å². The molecule has 4 aromatic rings. The van der Waals surface area contributed by atoms with Crippen molar-refractivity contribution in [2.24, 2.45) is 5.73 Å². The van der Waals surface area contributed by atoms with E-state index < -0.39 is 23.4 Å². The van der Waals surface area contributed by atoms with Crippen LogP contribution in [0.5, 0.6) is 5.75 Å². The largest absolute Gasteiger partial charge is 0.489 e. The number of nitrogens with zero attached hydrogens (tertiary/aromatic N) is 2. The summed E-state index contributed by atoms with van der Waals surface area (Å²) in [5.74, 6) is -0.777. The Hall–Kier alpha value is -4.86. The lowest BCUT2D eigenvalue weighted by Crippen LogP contribution is -2.43. The lowest BCUT2D eigenvalue weighted by Gasteiger charge is -2.22. The molecule has 2 heterocycles. The zero-order chi connectivity index (χ0) is 27.5. The summed E-state index contributed by atoms with van der Waals surface area (Å²) in [6, 6.07) is 20.2. The van der Waals surface area contributed by atoms with E-state index in [0.717, 1.165) is 39.0 Å². The third-order valence-corrected chi connectivity index (χ3v) is 6.84. The van der Waals surface area contributed by atoms with Crippen molar-refractivity contribution in [3.63, 3.8) is 0 Å². The fraction of sp³-hybridized carbons (Fsp3) is 0.241. The van der Waals surface area contributed by atoms with Gasteiger partial charge in [-0.3, -0.25) is 9.59 Å². The molecule has 0 aliphatic carbocycles. The number of hydrogen-bond donors (Lipinski definition) is 2. The Kier molecular flexibility index (Phi) is 7.18. The van der Waals surface area contributed by atoms with E-state index in [4.69, 9.17) is 15.0 Å². The standard InChI is InChI=1S/C29H28N4O6/c1-18-14-22(27(35)32-13-3-6-25(32)26(30)34)9-12-24(18)21-5-2-4-20(15-21)17-38-23-10-7-19(8-11-23)16-33-28(36)31-29(37)39-33/h2,4-5,7-12,14-15,25H,3,6,13,16-17H2,1H3,(H2,30,34)(H,31,36,37)/t25-/m0/s1. The van der Waals surface area contributed by atoms with Crippen molar-refractivity contribution < 1.29 is 18.8 Å². The highest BCUT2D eigenvalue weighted by Crippen LogP contribution is 2.27.